The number of carbonyl (C=O) groups is 1. The van der Waals surface area contributed by atoms with E-state index in [0.29, 0.717) is 32.7 Å². The van der Waals surface area contributed by atoms with Gasteiger partial charge in [-0.1, -0.05) is 12.1 Å². The molecule has 6 heteroatoms. The van der Waals surface area contributed by atoms with Crippen molar-refractivity contribution in [3.8, 4) is 0 Å². The van der Waals surface area contributed by atoms with Crippen molar-refractivity contribution in [1.82, 2.24) is 15.5 Å². The fraction of sp³-hybridized carbons (Fsp3) is 0.562. The molecule has 1 aromatic carbocycles. The number of morpholine rings is 1. The topological polar surface area (TPSA) is 53.6 Å². The highest BCUT2D eigenvalue weighted by Crippen LogP contribution is 2.22. The van der Waals surface area contributed by atoms with Gasteiger partial charge in [-0.3, -0.25) is 9.69 Å². The molecule has 2 N–H and O–H groups in total. The largest absolute Gasteiger partial charge is 0.379 e. The van der Waals surface area contributed by atoms with Crippen LogP contribution in [0.5, 0.6) is 0 Å². The van der Waals surface area contributed by atoms with Crippen LogP contribution in [-0.2, 0) is 9.53 Å². The lowest BCUT2D eigenvalue weighted by molar-refractivity contribution is -0.121. The van der Waals surface area contributed by atoms with E-state index in [1.807, 2.05) is 13.1 Å². The molecular formula is C16H24FN3O2. The van der Waals surface area contributed by atoms with Crippen LogP contribution in [0.3, 0.4) is 0 Å². The Morgan fingerprint density at radius 1 is 1.41 bits per heavy atom. The second-order valence-corrected chi connectivity index (χ2v) is 5.38. The Morgan fingerprint density at radius 3 is 2.86 bits per heavy atom. The van der Waals surface area contributed by atoms with Crippen LogP contribution in [0.4, 0.5) is 4.39 Å². The molecule has 1 fully saturated rings. The molecule has 0 radical (unpaired) electrons. The number of rotatable bonds is 7. The molecule has 0 aromatic heterocycles. The molecule has 1 aliphatic heterocycles. The fourth-order valence-corrected chi connectivity index (χ4v) is 2.60. The molecule has 0 spiro atoms. The van der Waals surface area contributed by atoms with Gasteiger partial charge in [0.25, 0.3) is 0 Å². The van der Waals surface area contributed by atoms with Crippen molar-refractivity contribution in [2.45, 2.75) is 12.5 Å². The third-order valence-electron chi connectivity index (χ3n) is 3.81. The summed E-state index contributed by atoms with van der Waals surface area (Å²) in [6.07, 6.45) is 0.440. The van der Waals surface area contributed by atoms with Crippen LogP contribution in [0.15, 0.2) is 24.3 Å². The van der Waals surface area contributed by atoms with E-state index in [4.69, 9.17) is 4.74 Å². The molecule has 0 bridgehead atoms. The molecule has 122 valence electrons. The van der Waals surface area contributed by atoms with Crippen molar-refractivity contribution in [3.63, 3.8) is 0 Å². The zero-order chi connectivity index (χ0) is 15.8. The molecule has 1 heterocycles. The number of halogens is 1. The van der Waals surface area contributed by atoms with Crippen LogP contribution in [0.1, 0.15) is 18.0 Å². The predicted molar refractivity (Wildman–Crippen MR) is 83.1 cm³/mol. The summed E-state index contributed by atoms with van der Waals surface area (Å²) in [4.78, 5) is 14.1. The van der Waals surface area contributed by atoms with Crippen molar-refractivity contribution >= 4 is 5.91 Å². The maximum Gasteiger partial charge on any atom is 0.221 e. The van der Waals surface area contributed by atoms with E-state index in [2.05, 4.69) is 15.5 Å². The molecule has 2 rings (SSSR count). The van der Waals surface area contributed by atoms with E-state index in [1.54, 1.807) is 12.1 Å². The van der Waals surface area contributed by atoms with Crippen molar-refractivity contribution < 1.29 is 13.9 Å². The molecule has 5 nitrogen and oxygen atoms in total. The summed E-state index contributed by atoms with van der Waals surface area (Å²) in [7, 11) is 1.82. The first-order valence-corrected chi connectivity index (χ1v) is 7.69. The minimum Gasteiger partial charge on any atom is -0.379 e. The molecule has 22 heavy (non-hydrogen) atoms. The van der Waals surface area contributed by atoms with E-state index in [0.717, 1.165) is 18.7 Å². The third kappa shape index (κ3) is 5.05. The van der Waals surface area contributed by atoms with Gasteiger partial charge in [0.1, 0.15) is 5.82 Å². The van der Waals surface area contributed by atoms with Gasteiger partial charge in [-0.05, 0) is 24.7 Å². The zero-order valence-electron chi connectivity index (χ0n) is 13.0. The molecule has 1 aromatic rings. The summed E-state index contributed by atoms with van der Waals surface area (Å²) < 4.78 is 18.9. The van der Waals surface area contributed by atoms with Crippen molar-refractivity contribution in [2.75, 3.05) is 46.4 Å². The van der Waals surface area contributed by atoms with E-state index in [1.165, 1.54) is 6.07 Å². The van der Waals surface area contributed by atoms with Crippen LogP contribution in [0, 0.1) is 5.82 Å². The maximum atomic E-state index is 13.5. The van der Waals surface area contributed by atoms with Gasteiger partial charge >= 0.3 is 0 Å². The molecule has 0 saturated carbocycles. The number of ether oxygens (including phenoxy) is 1. The van der Waals surface area contributed by atoms with Crippen LogP contribution in [0.25, 0.3) is 0 Å². The van der Waals surface area contributed by atoms with E-state index < -0.39 is 0 Å². The van der Waals surface area contributed by atoms with E-state index in [-0.39, 0.29) is 17.8 Å². The highest BCUT2D eigenvalue weighted by atomic mass is 19.1. The Morgan fingerprint density at radius 2 is 2.18 bits per heavy atom. The van der Waals surface area contributed by atoms with Crippen LogP contribution in [-0.4, -0.2) is 57.2 Å². The summed E-state index contributed by atoms with van der Waals surface area (Å²) in [5, 5.41) is 5.90. The SMILES string of the molecule is CNCCC(=O)NCC(c1cccc(F)c1)N1CCOCC1. The fourth-order valence-electron chi connectivity index (χ4n) is 2.60. The number of nitrogens with one attached hydrogen (secondary N) is 2. The average Bonchev–Trinajstić information content (AvgIpc) is 2.54. The van der Waals surface area contributed by atoms with Crippen LogP contribution in [0.2, 0.25) is 0 Å². The van der Waals surface area contributed by atoms with Crippen molar-refractivity contribution in [2.24, 2.45) is 0 Å². The van der Waals surface area contributed by atoms with E-state index >= 15 is 0 Å². The lowest BCUT2D eigenvalue weighted by atomic mass is 10.0. The lowest BCUT2D eigenvalue weighted by Gasteiger charge is -2.35. The number of benzene rings is 1. The second-order valence-electron chi connectivity index (χ2n) is 5.38. The Kier molecular flexibility index (Phi) is 6.76. The third-order valence-corrected chi connectivity index (χ3v) is 3.81. The van der Waals surface area contributed by atoms with Crippen LogP contribution < -0.4 is 10.6 Å². The highest BCUT2D eigenvalue weighted by molar-refractivity contribution is 5.76. The molecule has 1 saturated heterocycles. The smallest absolute Gasteiger partial charge is 0.221 e. The van der Waals surface area contributed by atoms with Gasteiger partial charge in [0.15, 0.2) is 0 Å². The highest BCUT2D eigenvalue weighted by Gasteiger charge is 2.23. The van der Waals surface area contributed by atoms with Gasteiger partial charge in [-0.25, -0.2) is 4.39 Å². The van der Waals surface area contributed by atoms with Gasteiger partial charge in [0, 0.05) is 32.6 Å². The number of hydrogen-bond acceptors (Lipinski definition) is 4. The first kappa shape index (κ1) is 16.9. The quantitative estimate of drug-likeness (QED) is 0.787. The van der Waals surface area contributed by atoms with Gasteiger partial charge in [0.2, 0.25) is 5.91 Å². The summed E-state index contributed by atoms with van der Waals surface area (Å²) >= 11 is 0. The lowest BCUT2D eigenvalue weighted by Crippen LogP contribution is -2.44. The van der Waals surface area contributed by atoms with Gasteiger partial charge < -0.3 is 15.4 Å². The summed E-state index contributed by atoms with van der Waals surface area (Å²) in [6, 6.07) is 6.56. The maximum absolute atomic E-state index is 13.5. The summed E-state index contributed by atoms with van der Waals surface area (Å²) in [6.45, 7) is 4.03. The Balaban J connectivity index is 2.03. The molecule has 0 aliphatic carbocycles. The number of carbonyl (C=O) groups excluding carboxylic acids is 1. The molecule has 1 aliphatic rings. The first-order chi connectivity index (χ1) is 10.7. The molecule has 1 amide bonds. The van der Waals surface area contributed by atoms with Crippen LogP contribution >= 0.6 is 0 Å². The van der Waals surface area contributed by atoms with Crippen molar-refractivity contribution in [3.05, 3.63) is 35.6 Å². The molecule has 1 unspecified atom stereocenters. The molecular weight excluding hydrogens is 285 g/mol. The summed E-state index contributed by atoms with van der Waals surface area (Å²) in [5.74, 6) is -0.249. The number of hydrogen-bond donors (Lipinski definition) is 2. The minimum absolute atomic E-state index is 0.00372. The Hall–Kier alpha value is -1.50. The molecule has 1 atom stereocenters. The number of nitrogens with zero attached hydrogens (tertiary/aromatic N) is 1. The Bertz CT molecular complexity index is 478. The Labute approximate surface area is 130 Å². The van der Waals surface area contributed by atoms with Gasteiger partial charge in [0.05, 0.1) is 19.3 Å². The van der Waals surface area contributed by atoms with Gasteiger partial charge in [-0.15, -0.1) is 0 Å². The predicted octanol–water partition coefficient (Wildman–Crippen LogP) is 0.925. The summed E-state index contributed by atoms with van der Waals surface area (Å²) in [5.41, 5.74) is 0.885. The second kappa shape index (κ2) is 8.82. The first-order valence-electron chi connectivity index (χ1n) is 7.69. The number of amides is 1. The average molecular weight is 309 g/mol. The van der Waals surface area contributed by atoms with E-state index in [9.17, 15) is 9.18 Å². The van der Waals surface area contributed by atoms with Crippen molar-refractivity contribution in [1.29, 1.82) is 0 Å². The minimum atomic E-state index is -0.253. The normalized spacial score (nSPS) is 17.2. The van der Waals surface area contributed by atoms with Gasteiger partial charge in [-0.2, -0.15) is 0 Å². The monoisotopic (exact) mass is 309 g/mol. The standard InChI is InChI=1S/C16H24FN3O2/c1-18-6-5-16(21)19-12-15(20-7-9-22-10-8-20)13-3-2-4-14(17)11-13/h2-4,11,15,18H,5-10,12H2,1H3,(H,19,21). The zero-order valence-corrected chi connectivity index (χ0v) is 13.0.